The van der Waals surface area contributed by atoms with Gasteiger partial charge in [-0.2, -0.15) is 0 Å². The predicted octanol–water partition coefficient (Wildman–Crippen LogP) is 2.01. The maximum absolute atomic E-state index is 12.7. The molecule has 7 nitrogen and oxygen atoms in total. The van der Waals surface area contributed by atoms with Crippen LogP contribution in [0.15, 0.2) is 17.0 Å². The van der Waals surface area contributed by atoms with E-state index >= 15 is 0 Å². The molecule has 0 spiro atoms. The molecule has 0 aromatic heterocycles. The first-order valence-corrected chi connectivity index (χ1v) is 9.22. The molecule has 0 aliphatic heterocycles. The van der Waals surface area contributed by atoms with Crippen molar-refractivity contribution < 1.29 is 13.3 Å². The normalized spacial score (nSPS) is 17.3. The Morgan fingerprint density at radius 2 is 1.83 bits per heavy atom. The van der Waals surface area contributed by atoms with Gasteiger partial charge in [-0.1, -0.05) is 12.8 Å². The molecule has 128 valence electrons. The summed E-state index contributed by atoms with van der Waals surface area (Å²) in [5, 5.41) is 10.9. The SMILES string of the molecule is Cc1cc([N+](=O)[O-])cc(C)c1S(=O)(=O)NC(CN)C1CCCC1. The zero-order valence-corrected chi connectivity index (χ0v) is 14.2. The number of sulfonamides is 1. The van der Waals surface area contributed by atoms with Gasteiger partial charge >= 0.3 is 0 Å². The van der Waals surface area contributed by atoms with Gasteiger partial charge in [-0.15, -0.1) is 0 Å². The Morgan fingerprint density at radius 3 is 2.26 bits per heavy atom. The van der Waals surface area contributed by atoms with E-state index in [1.165, 1.54) is 12.1 Å². The zero-order chi connectivity index (χ0) is 17.2. The van der Waals surface area contributed by atoms with Crippen LogP contribution in [0.2, 0.25) is 0 Å². The van der Waals surface area contributed by atoms with E-state index in [0.717, 1.165) is 25.7 Å². The van der Waals surface area contributed by atoms with Gasteiger partial charge in [0.25, 0.3) is 5.69 Å². The molecular weight excluding hydrogens is 318 g/mol. The van der Waals surface area contributed by atoms with E-state index in [1.54, 1.807) is 13.8 Å². The van der Waals surface area contributed by atoms with Crippen molar-refractivity contribution in [2.75, 3.05) is 6.54 Å². The van der Waals surface area contributed by atoms with E-state index in [-0.39, 0.29) is 29.1 Å². The molecule has 1 aromatic rings. The molecule has 0 heterocycles. The summed E-state index contributed by atoms with van der Waals surface area (Å²) in [5.74, 6) is 0.258. The minimum atomic E-state index is -3.77. The van der Waals surface area contributed by atoms with Crippen LogP contribution < -0.4 is 10.5 Å². The van der Waals surface area contributed by atoms with Crippen LogP contribution in [-0.4, -0.2) is 25.9 Å². The van der Waals surface area contributed by atoms with Gasteiger partial charge < -0.3 is 5.73 Å². The van der Waals surface area contributed by atoms with Gasteiger partial charge in [0, 0.05) is 24.7 Å². The number of benzene rings is 1. The van der Waals surface area contributed by atoms with E-state index in [4.69, 9.17) is 5.73 Å². The Kier molecular flexibility index (Phi) is 5.38. The van der Waals surface area contributed by atoms with Crippen molar-refractivity contribution in [3.8, 4) is 0 Å². The second kappa shape index (κ2) is 6.94. The average molecular weight is 341 g/mol. The third kappa shape index (κ3) is 3.88. The van der Waals surface area contributed by atoms with Gasteiger partial charge in [0.1, 0.15) is 0 Å². The minimum Gasteiger partial charge on any atom is -0.329 e. The van der Waals surface area contributed by atoms with E-state index in [0.29, 0.717) is 11.1 Å². The number of nitro benzene ring substituents is 1. The van der Waals surface area contributed by atoms with Crippen molar-refractivity contribution in [3.05, 3.63) is 33.4 Å². The molecule has 3 N–H and O–H groups in total. The lowest BCUT2D eigenvalue weighted by atomic mass is 9.99. The van der Waals surface area contributed by atoms with Crippen LogP contribution in [0.4, 0.5) is 5.69 Å². The standard InChI is InChI=1S/C15H23N3O4S/c1-10-7-13(18(19)20)8-11(2)15(10)23(21,22)17-14(9-16)12-5-3-4-6-12/h7-8,12,14,17H,3-6,9,16H2,1-2H3. The third-order valence-corrected chi connectivity index (χ3v) is 6.25. The van der Waals surface area contributed by atoms with E-state index < -0.39 is 14.9 Å². The Bertz CT molecular complexity index is 674. The molecule has 0 amide bonds. The number of nitrogens with two attached hydrogens (primary N) is 1. The third-order valence-electron chi connectivity index (χ3n) is 4.45. The molecule has 1 atom stereocenters. The van der Waals surface area contributed by atoms with Crippen LogP contribution in [-0.2, 0) is 10.0 Å². The van der Waals surface area contributed by atoms with Crippen LogP contribution >= 0.6 is 0 Å². The second-order valence-electron chi connectivity index (χ2n) is 6.17. The molecule has 1 aliphatic carbocycles. The summed E-state index contributed by atoms with van der Waals surface area (Å²) in [7, 11) is -3.77. The number of nitro groups is 1. The van der Waals surface area contributed by atoms with E-state index in [2.05, 4.69) is 4.72 Å². The van der Waals surface area contributed by atoms with Crippen LogP contribution in [0.5, 0.6) is 0 Å². The number of aryl methyl sites for hydroxylation is 2. The number of nitrogens with zero attached hydrogens (tertiary/aromatic N) is 1. The Hall–Kier alpha value is -1.51. The highest BCUT2D eigenvalue weighted by Gasteiger charge is 2.30. The molecule has 1 unspecified atom stereocenters. The number of hydrogen-bond acceptors (Lipinski definition) is 5. The molecule has 23 heavy (non-hydrogen) atoms. The van der Waals surface area contributed by atoms with Gasteiger partial charge in [0.05, 0.1) is 9.82 Å². The van der Waals surface area contributed by atoms with E-state index in [1.807, 2.05) is 0 Å². The maximum atomic E-state index is 12.7. The molecule has 0 saturated heterocycles. The number of hydrogen-bond donors (Lipinski definition) is 2. The molecule has 0 radical (unpaired) electrons. The van der Waals surface area contributed by atoms with Gasteiger partial charge in [-0.25, -0.2) is 13.1 Å². The lowest BCUT2D eigenvalue weighted by Gasteiger charge is -2.24. The lowest BCUT2D eigenvalue weighted by molar-refractivity contribution is -0.385. The zero-order valence-electron chi connectivity index (χ0n) is 13.4. The summed E-state index contributed by atoms with van der Waals surface area (Å²) in [6.45, 7) is 3.39. The Morgan fingerprint density at radius 1 is 1.30 bits per heavy atom. The van der Waals surface area contributed by atoms with Crippen molar-refractivity contribution in [2.24, 2.45) is 11.7 Å². The molecule has 1 aliphatic rings. The molecule has 1 fully saturated rings. The molecule has 8 heteroatoms. The van der Waals surface area contributed by atoms with Gasteiger partial charge in [0.15, 0.2) is 0 Å². The lowest BCUT2D eigenvalue weighted by Crippen LogP contribution is -2.44. The van der Waals surface area contributed by atoms with Crippen molar-refractivity contribution in [1.82, 2.24) is 4.72 Å². The fraction of sp³-hybridized carbons (Fsp3) is 0.600. The highest BCUT2D eigenvalue weighted by atomic mass is 32.2. The largest absolute Gasteiger partial charge is 0.329 e. The van der Waals surface area contributed by atoms with Crippen LogP contribution in [0.1, 0.15) is 36.8 Å². The highest BCUT2D eigenvalue weighted by molar-refractivity contribution is 7.89. The summed E-state index contributed by atoms with van der Waals surface area (Å²) < 4.78 is 28.2. The molecule has 1 aromatic carbocycles. The first-order valence-electron chi connectivity index (χ1n) is 7.74. The predicted molar refractivity (Wildman–Crippen MR) is 87.7 cm³/mol. The van der Waals surface area contributed by atoms with Crippen molar-refractivity contribution >= 4 is 15.7 Å². The Balaban J connectivity index is 2.33. The van der Waals surface area contributed by atoms with Crippen molar-refractivity contribution in [3.63, 3.8) is 0 Å². The highest BCUT2D eigenvalue weighted by Crippen LogP contribution is 2.30. The fourth-order valence-electron chi connectivity index (χ4n) is 3.41. The quantitative estimate of drug-likeness (QED) is 0.606. The number of nitrogens with one attached hydrogen (secondary N) is 1. The molecule has 2 rings (SSSR count). The van der Waals surface area contributed by atoms with Crippen molar-refractivity contribution in [2.45, 2.75) is 50.5 Å². The average Bonchev–Trinajstić information content (AvgIpc) is 2.97. The molecular formula is C15H23N3O4S. The second-order valence-corrected chi connectivity index (χ2v) is 7.82. The van der Waals surface area contributed by atoms with Crippen LogP contribution in [0, 0.1) is 29.9 Å². The smallest absolute Gasteiger partial charge is 0.270 e. The molecule has 0 bridgehead atoms. The molecule has 1 saturated carbocycles. The first kappa shape index (κ1) is 17.8. The maximum Gasteiger partial charge on any atom is 0.270 e. The summed E-state index contributed by atoms with van der Waals surface area (Å²) >= 11 is 0. The monoisotopic (exact) mass is 341 g/mol. The van der Waals surface area contributed by atoms with Gasteiger partial charge in [-0.3, -0.25) is 10.1 Å². The minimum absolute atomic E-state index is 0.106. The number of non-ortho nitro benzene ring substituents is 1. The van der Waals surface area contributed by atoms with E-state index in [9.17, 15) is 18.5 Å². The topological polar surface area (TPSA) is 115 Å². The summed E-state index contributed by atoms with van der Waals surface area (Å²) in [4.78, 5) is 10.5. The number of rotatable bonds is 6. The summed E-state index contributed by atoms with van der Waals surface area (Å²) in [6, 6.07) is 2.28. The van der Waals surface area contributed by atoms with Crippen LogP contribution in [0.3, 0.4) is 0 Å². The van der Waals surface area contributed by atoms with Crippen molar-refractivity contribution in [1.29, 1.82) is 0 Å². The van der Waals surface area contributed by atoms with Gasteiger partial charge in [-0.05, 0) is 43.7 Å². The fourth-order valence-corrected chi connectivity index (χ4v) is 5.18. The summed E-state index contributed by atoms with van der Waals surface area (Å²) in [5.41, 5.74) is 6.39. The Labute approximate surface area is 136 Å². The first-order chi connectivity index (χ1) is 10.8. The van der Waals surface area contributed by atoms with Crippen LogP contribution in [0.25, 0.3) is 0 Å². The van der Waals surface area contributed by atoms with Gasteiger partial charge in [0.2, 0.25) is 10.0 Å². The summed E-state index contributed by atoms with van der Waals surface area (Å²) in [6.07, 6.45) is 4.14.